The Hall–Kier alpha value is -3.02. The number of benzene rings is 2. The number of methoxy groups -OCH3 is 1. The first-order chi connectivity index (χ1) is 12.8. The van der Waals surface area contributed by atoms with Gasteiger partial charge in [-0.25, -0.2) is 0 Å². The number of hydrogen-bond acceptors (Lipinski definition) is 4. The molecule has 3 N–H and O–H groups in total. The minimum atomic E-state index is -0.503. The number of ether oxygens (including phenoxy) is 1. The van der Waals surface area contributed by atoms with Gasteiger partial charge in [-0.15, -0.1) is 0 Å². The number of rotatable bonds is 7. The zero-order chi connectivity index (χ0) is 20.0. The van der Waals surface area contributed by atoms with Crippen molar-refractivity contribution < 1.29 is 14.3 Å². The van der Waals surface area contributed by atoms with Gasteiger partial charge in [0.2, 0.25) is 11.8 Å². The quantitative estimate of drug-likeness (QED) is 0.683. The molecule has 0 spiro atoms. The van der Waals surface area contributed by atoms with Crippen LogP contribution in [0.25, 0.3) is 0 Å². The number of anilines is 3. The zero-order valence-electron chi connectivity index (χ0n) is 16.4. The summed E-state index contributed by atoms with van der Waals surface area (Å²) in [7, 11) is 1.56. The number of amides is 2. The molecule has 27 heavy (non-hydrogen) atoms. The molecular formula is C21H27N3O3. The molecule has 0 fully saturated rings. The Morgan fingerprint density at radius 1 is 0.926 bits per heavy atom. The first-order valence-electron chi connectivity index (χ1n) is 8.93. The van der Waals surface area contributed by atoms with E-state index in [1.54, 1.807) is 32.2 Å². The van der Waals surface area contributed by atoms with Crippen LogP contribution in [-0.2, 0) is 9.59 Å². The maximum absolute atomic E-state index is 12.5. The number of hydrogen-bond donors (Lipinski definition) is 3. The second kappa shape index (κ2) is 9.07. The van der Waals surface area contributed by atoms with Crippen LogP contribution in [0.15, 0.2) is 42.5 Å². The maximum atomic E-state index is 12.5. The lowest BCUT2D eigenvalue weighted by atomic mass is 10.0. The van der Waals surface area contributed by atoms with E-state index >= 15 is 0 Å². The average Bonchev–Trinajstić information content (AvgIpc) is 2.61. The van der Waals surface area contributed by atoms with Crippen molar-refractivity contribution in [2.24, 2.45) is 0 Å². The molecule has 2 aromatic carbocycles. The third-order valence-electron chi connectivity index (χ3n) is 4.13. The number of nitrogens with one attached hydrogen (secondary N) is 3. The molecule has 0 aliphatic carbocycles. The lowest BCUT2D eigenvalue weighted by Gasteiger charge is -2.18. The monoisotopic (exact) mass is 369 g/mol. The Kier molecular flexibility index (Phi) is 6.82. The van der Waals surface area contributed by atoms with Crippen molar-refractivity contribution in [1.82, 2.24) is 0 Å². The first-order valence-corrected chi connectivity index (χ1v) is 8.93. The molecule has 1 atom stereocenters. The molecule has 6 nitrogen and oxygen atoms in total. The molecule has 0 aromatic heterocycles. The van der Waals surface area contributed by atoms with Crippen LogP contribution in [0.1, 0.15) is 39.2 Å². The molecule has 2 rings (SSSR count). The smallest absolute Gasteiger partial charge is 0.246 e. The summed E-state index contributed by atoms with van der Waals surface area (Å²) in [5, 5.41) is 8.75. The molecule has 0 heterocycles. The van der Waals surface area contributed by atoms with E-state index in [0.29, 0.717) is 23.0 Å². The van der Waals surface area contributed by atoms with Crippen LogP contribution < -0.4 is 20.7 Å². The van der Waals surface area contributed by atoms with Crippen molar-refractivity contribution >= 4 is 28.9 Å². The second-order valence-corrected chi connectivity index (χ2v) is 6.73. The van der Waals surface area contributed by atoms with Gasteiger partial charge < -0.3 is 20.7 Å². The van der Waals surface area contributed by atoms with Crippen molar-refractivity contribution in [1.29, 1.82) is 0 Å². The van der Waals surface area contributed by atoms with Crippen molar-refractivity contribution in [2.45, 2.75) is 39.7 Å². The van der Waals surface area contributed by atoms with E-state index in [2.05, 4.69) is 29.8 Å². The largest absolute Gasteiger partial charge is 0.495 e. The molecular weight excluding hydrogens is 342 g/mol. The van der Waals surface area contributed by atoms with Crippen LogP contribution in [0.2, 0.25) is 0 Å². The highest BCUT2D eigenvalue weighted by atomic mass is 16.5. The van der Waals surface area contributed by atoms with Crippen LogP contribution in [0.4, 0.5) is 17.1 Å². The minimum Gasteiger partial charge on any atom is -0.495 e. The van der Waals surface area contributed by atoms with Crippen LogP contribution >= 0.6 is 0 Å². The van der Waals surface area contributed by atoms with Crippen LogP contribution in [0.3, 0.4) is 0 Å². The predicted molar refractivity (Wildman–Crippen MR) is 110 cm³/mol. The molecule has 0 bridgehead atoms. The molecule has 0 radical (unpaired) electrons. The summed E-state index contributed by atoms with van der Waals surface area (Å²) >= 11 is 0. The van der Waals surface area contributed by atoms with E-state index in [1.807, 2.05) is 24.3 Å². The normalized spacial score (nSPS) is 11.6. The van der Waals surface area contributed by atoms with Crippen LogP contribution in [0, 0.1) is 0 Å². The Labute approximate surface area is 160 Å². The first kappa shape index (κ1) is 20.3. The van der Waals surface area contributed by atoms with Gasteiger partial charge in [0.25, 0.3) is 0 Å². The predicted octanol–water partition coefficient (Wildman–Crippen LogP) is 4.22. The minimum absolute atomic E-state index is 0.165. The summed E-state index contributed by atoms with van der Waals surface area (Å²) in [5.41, 5.74) is 3.22. The van der Waals surface area contributed by atoms with E-state index in [1.165, 1.54) is 12.5 Å². The SMILES string of the molecule is COc1ccc(NC(C)=O)cc1NC(C)C(=O)Nc1ccc(C(C)C)cc1. The summed E-state index contributed by atoms with van der Waals surface area (Å²) in [4.78, 5) is 23.8. The Balaban J connectivity index is 2.07. The summed E-state index contributed by atoms with van der Waals surface area (Å²) in [6.07, 6.45) is 0. The molecule has 144 valence electrons. The topological polar surface area (TPSA) is 79.5 Å². The molecule has 6 heteroatoms. The number of carbonyl (C=O) groups is 2. The van der Waals surface area contributed by atoms with E-state index in [9.17, 15) is 9.59 Å². The fourth-order valence-electron chi connectivity index (χ4n) is 2.60. The standard InChI is InChI=1S/C21H27N3O3/c1-13(2)16-6-8-17(9-7-16)24-21(26)14(3)22-19-12-18(23-15(4)25)10-11-20(19)27-5/h6-14,22H,1-5H3,(H,23,25)(H,24,26). The van der Waals surface area contributed by atoms with Crippen molar-refractivity contribution in [3.8, 4) is 5.75 Å². The average molecular weight is 369 g/mol. The van der Waals surface area contributed by atoms with Gasteiger partial charge in [-0.05, 0) is 48.7 Å². The van der Waals surface area contributed by atoms with E-state index < -0.39 is 6.04 Å². The summed E-state index contributed by atoms with van der Waals surface area (Å²) < 4.78 is 5.33. The lowest BCUT2D eigenvalue weighted by molar-refractivity contribution is -0.116. The van der Waals surface area contributed by atoms with Gasteiger partial charge >= 0.3 is 0 Å². The Morgan fingerprint density at radius 3 is 2.11 bits per heavy atom. The second-order valence-electron chi connectivity index (χ2n) is 6.73. The van der Waals surface area contributed by atoms with Gasteiger partial charge in [0.05, 0.1) is 12.8 Å². The molecule has 2 aromatic rings. The summed E-state index contributed by atoms with van der Waals surface area (Å²) in [6, 6.07) is 12.5. The zero-order valence-corrected chi connectivity index (χ0v) is 16.4. The molecule has 0 saturated carbocycles. The van der Waals surface area contributed by atoms with Gasteiger partial charge in [0.15, 0.2) is 0 Å². The summed E-state index contributed by atoms with van der Waals surface area (Å²) in [5.74, 6) is 0.699. The third-order valence-corrected chi connectivity index (χ3v) is 4.13. The van der Waals surface area contributed by atoms with Crippen molar-refractivity contribution in [3.63, 3.8) is 0 Å². The van der Waals surface area contributed by atoms with Gasteiger partial charge in [0.1, 0.15) is 11.8 Å². The summed E-state index contributed by atoms with van der Waals surface area (Å²) in [6.45, 7) is 7.46. The van der Waals surface area contributed by atoms with Crippen LogP contribution in [-0.4, -0.2) is 25.0 Å². The maximum Gasteiger partial charge on any atom is 0.246 e. The van der Waals surface area contributed by atoms with Gasteiger partial charge in [-0.3, -0.25) is 9.59 Å². The number of carbonyl (C=O) groups excluding carboxylic acids is 2. The van der Waals surface area contributed by atoms with Gasteiger partial charge in [-0.1, -0.05) is 26.0 Å². The van der Waals surface area contributed by atoms with Crippen LogP contribution in [0.5, 0.6) is 5.75 Å². The van der Waals surface area contributed by atoms with E-state index in [4.69, 9.17) is 4.74 Å². The van der Waals surface area contributed by atoms with E-state index in [0.717, 1.165) is 5.69 Å². The molecule has 0 aliphatic rings. The lowest BCUT2D eigenvalue weighted by Crippen LogP contribution is -2.32. The molecule has 1 unspecified atom stereocenters. The Bertz CT molecular complexity index is 801. The molecule has 0 aliphatic heterocycles. The highest BCUT2D eigenvalue weighted by Crippen LogP contribution is 2.28. The highest BCUT2D eigenvalue weighted by Gasteiger charge is 2.16. The van der Waals surface area contributed by atoms with Gasteiger partial charge in [-0.2, -0.15) is 0 Å². The molecule has 2 amide bonds. The van der Waals surface area contributed by atoms with E-state index in [-0.39, 0.29) is 11.8 Å². The fourth-order valence-corrected chi connectivity index (χ4v) is 2.60. The molecule has 0 saturated heterocycles. The third kappa shape index (κ3) is 5.74. The Morgan fingerprint density at radius 2 is 1.56 bits per heavy atom. The highest BCUT2D eigenvalue weighted by molar-refractivity contribution is 5.96. The fraction of sp³-hybridized carbons (Fsp3) is 0.333. The van der Waals surface area contributed by atoms with Gasteiger partial charge in [0, 0.05) is 18.3 Å². The van der Waals surface area contributed by atoms with Crippen molar-refractivity contribution in [2.75, 3.05) is 23.1 Å². The van der Waals surface area contributed by atoms with Crippen molar-refractivity contribution in [3.05, 3.63) is 48.0 Å².